The number of nitrogens with one attached hydrogen (secondary N) is 1. The number of hydrogen-bond donors (Lipinski definition) is 1. The third kappa shape index (κ3) is 5.60. The van der Waals surface area contributed by atoms with Crippen molar-refractivity contribution in [3.8, 4) is 0 Å². The molecule has 0 aromatic rings. The van der Waals surface area contributed by atoms with Gasteiger partial charge in [0.15, 0.2) is 0 Å². The number of carbonyl (C=O) groups is 1. The van der Waals surface area contributed by atoms with Crippen LogP contribution in [0.4, 0.5) is 0 Å². The van der Waals surface area contributed by atoms with Gasteiger partial charge in [0.2, 0.25) is 5.91 Å². The quantitative estimate of drug-likeness (QED) is 0.693. The van der Waals surface area contributed by atoms with Crippen molar-refractivity contribution < 1.29 is 4.79 Å². The van der Waals surface area contributed by atoms with Crippen LogP contribution in [0.2, 0.25) is 0 Å². The fourth-order valence-corrected chi connectivity index (χ4v) is 2.15. The van der Waals surface area contributed by atoms with Crippen molar-refractivity contribution in [2.45, 2.75) is 51.9 Å². The van der Waals surface area contributed by atoms with Gasteiger partial charge in [-0.05, 0) is 19.3 Å². The molecular formula is C13H23NO. The van der Waals surface area contributed by atoms with Crippen molar-refractivity contribution in [2.24, 2.45) is 5.92 Å². The standard InChI is InChI=1S/C13H23NO/c1-11(2)10-14-13(15)9-8-12-6-4-3-5-7-12/h12H,1,3-10H2,2H3,(H,14,15). The summed E-state index contributed by atoms with van der Waals surface area (Å²) in [4.78, 5) is 11.4. The summed E-state index contributed by atoms with van der Waals surface area (Å²) >= 11 is 0. The van der Waals surface area contributed by atoms with Gasteiger partial charge in [-0.15, -0.1) is 0 Å². The van der Waals surface area contributed by atoms with E-state index in [1.165, 1.54) is 32.1 Å². The lowest BCUT2D eigenvalue weighted by Crippen LogP contribution is -2.25. The van der Waals surface area contributed by atoms with Gasteiger partial charge < -0.3 is 5.32 Å². The van der Waals surface area contributed by atoms with E-state index in [2.05, 4.69) is 11.9 Å². The number of rotatable bonds is 5. The topological polar surface area (TPSA) is 29.1 Å². The predicted octanol–water partition coefficient (Wildman–Crippen LogP) is 3.04. The minimum atomic E-state index is 0.184. The molecule has 0 spiro atoms. The monoisotopic (exact) mass is 209 g/mol. The van der Waals surface area contributed by atoms with E-state index in [1.54, 1.807) is 0 Å². The highest BCUT2D eigenvalue weighted by molar-refractivity contribution is 5.76. The first kappa shape index (κ1) is 12.3. The molecule has 0 atom stereocenters. The average molecular weight is 209 g/mol. The Kier molecular flexibility index (Phi) is 5.44. The van der Waals surface area contributed by atoms with Crippen molar-refractivity contribution in [1.82, 2.24) is 5.32 Å². The Balaban J connectivity index is 2.07. The Morgan fingerprint density at radius 3 is 2.60 bits per heavy atom. The average Bonchev–Trinajstić information content (AvgIpc) is 2.25. The van der Waals surface area contributed by atoms with Crippen molar-refractivity contribution in [1.29, 1.82) is 0 Å². The molecular weight excluding hydrogens is 186 g/mol. The second-order valence-electron chi connectivity index (χ2n) is 4.78. The molecule has 1 rings (SSSR count). The summed E-state index contributed by atoms with van der Waals surface area (Å²) in [5.41, 5.74) is 1.01. The second-order valence-corrected chi connectivity index (χ2v) is 4.78. The third-order valence-electron chi connectivity index (χ3n) is 3.09. The van der Waals surface area contributed by atoms with Crippen LogP contribution < -0.4 is 5.32 Å². The number of carbonyl (C=O) groups excluding carboxylic acids is 1. The Hall–Kier alpha value is -0.790. The first-order chi connectivity index (χ1) is 7.18. The van der Waals surface area contributed by atoms with Crippen LogP contribution in [0.3, 0.4) is 0 Å². The zero-order valence-corrected chi connectivity index (χ0v) is 9.85. The minimum Gasteiger partial charge on any atom is -0.352 e. The molecule has 0 bridgehead atoms. The van der Waals surface area contributed by atoms with Gasteiger partial charge in [-0.2, -0.15) is 0 Å². The SMILES string of the molecule is C=C(C)CNC(=O)CCC1CCCCC1. The van der Waals surface area contributed by atoms with Crippen LogP contribution in [0, 0.1) is 5.92 Å². The first-order valence-corrected chi connectivity index (χ1v) is 6.09. The molecule has 1 aliphatic carbocycles. The van der Waals surface area contributed by atoms with Crippen LogP contribution in [0.25, 0.3) is 0 Å². The predicted molar refractivity (Wildman–Crippen MR) is 63.6 cm³/mol. The van der Waals surface area contributed by atoms with E-state index < -0.39 is 0 Å². The molecule has 2 nitrogen and oxygen atoms in total. The molecule has 1 aliphatic rings. The van der Waals surface area contributed by atoms with Crippen molar-refractivity contribution in [2.75, 3.05) is 6.54 Å². The van der Waals surface area contributed by atoms with Crippen LogP contribution in [0.15, 0.2) is 12.2 Å². The summed E-state index contributed by atoms with van der Waals surface area (Å²) in [5, 5.41) is 2.88. The van der Waals surface area contributed by atoms with Gasteiger partial charge in [-0.3, -0.25) is 4.79 Å². The fourth-order valence-electron chi connectivity index (χ4n) is 2.15. The maximum atomic E-state index is 11.4. The molecule has 1 saturated carbocycles. The molecule has 86 valence electrons. The van der Waals surface area contributed by atoms with Crippen molar-refractivity contribution in [3.63, 3.8) is 0 Å². The maximum absolute atomic E-state index is 11.4. The Bertz CT molecular complexity index is 217. The number of amides is 1. The number of hydrogen-bond acceptors (Lipinski definition) is 1. The molecule has 0 aliphatic heterocycles. The van der Waals surface area contributed by atoms with E-state index in [4.69, 9.17) is 0 Å². The summed E-state index contributed by atoms with van der Waals surface area (Å²) in [7, 11) is 0. The lowest BCUT2D eigenvalue weighted by molar-refractivity contribution is -0.121. The summed E-state index contributed by atoms with van der Waals surface area (Å²) < 4.78 is 0. The zero-order valence-electron chi connectivity index (χ0n) is 9.85. The molecule has 2 heteroatoms. The molecule has 15 heavy (non-hydrogen) atoms. The molecule has 0 radical (unpaired) electrons. The van der Waals surface area contributed by atoms with E-state index in [1.807, 2.05) is 6.92 Å². The lowest BCUT2D eigenvalue weighted by atomic mass is 9.86. The summed E-state index contributed by atoms with van der Waals surface area (Å²) in [6.07, 6.45) is 8.52. The molecule has 0 saturated heterocycles. The van der Waals surface area contributed by atoms with Gasteiger partial charge in [-0.25, -0.2) is 0 Å². The Morgan fingerprint density at radius 2 is 2.00 bits per heavy atom. The highest BCUT2D eigenvalue weighted by Gasteiger charge is 2.14. The third-order valence-corrected chi connectivity index (χ3v) is 3.09. The van der Waals surface area contributed by atoms with Crippen LogP contribution in [0.5, 0.6) is 0 Å². The normalized spacial score (nSPS) is 17.4. The summed E-state index contributed by atoms with van der Waals surface area (Å²) in [6, 6.07) is 0. The van der Waals surface area contributed by atoms with Crippen LogP contribution >= 0.6 is 0 Å². The van der Waals surface area contributed by atoms with Crippen molar-refractivity contribution >= 4 is 5.91 Å². The van der Waals surface area contributed by atoms with Crippen LogP contribution in [-0.4, -0.2) is 12.5 Å². The maximum Gasteiger partial charge on any atom is 0.220 e. The molecule has 1 amide bonds. The summed E-state index contributed by atoms with van der Waals surface area (Å²) in [6.45, 7) is 6.32. The van der Waals surface area contributed by atoms with E-state index in [0.717, 1.165) is 17.9 Å². The molecule has 1 fully saturated rings. The molecule has 0 unspecified atom stereocenters. The Labute approximate surface area is 93.1 Å². The molecule has 0 heterocycles. The largest absolute Gasteiger partial charge is 0.352 e. The fraction of sp³-hybridized carbons (Fsp3) is 0.769. The van der Waals surface area contributed by atoms with Gasteiger partial charge in [0.05, 0.1) is 0 Å². The molecule has 0 aromatic carbocycles. The van der Waals surface area contributed by atoms with Crippen molar-refractivity contribution in [3.05, 3.63) is 12.2 Å². The van der Waals surface area contributed by atoms with E-state index >= 15 is 0 Å². The lowest BCUT2D eigenvalue weighted by Gasteiger charge is -2.20. The van der Waals surface area contributed by atoms with Gasteiger partial charge in [0.1, 0.15) is 0 Å². The Morgan fingerprint density at radius 1 is 1.33 bits per heavy atom. The van der Waals surface area contributed by atoms with Gasteiger partial charge in [0.25, 0.3) is 0 Å². The van der Waals surface area contributed by atoms with Crippen LogP contribution in [0.1, 0.15) is 51.9 Å². The highest BCUT2D eigenvalue weighted by Crippen LogP contribution is 2.27. The van der Waals surface area contributed by atoms with Gasteiger partial charge in [0, 0.05) is 13.0 Å². The first-order valence-electron chi connectivity index (χ1n) is 6.09. The molecule has 0 aromatic heterocycles. The van der Waals surface area contributed by atoms with Gasteiger partial charge in [-0.1, -0.05) is 44.3 Å². The van der Waals surface area contributed by atoms with E-state index in [9.17, 15) is 4.79 Å². The van der Waals surface area contributed by atoms with Crippen LogP contribution in [-0.2, 0) is 4.79 Å². The molecule has 1 N–H and O–H groups in total. The zero-order chi connectivity index (χ0) is 11.1. The summed E-state index contributed by atoms with van der Waals surface area (Å²) in [5.74, 6) is 0.984. The van der Waals surface area contributed by atoms with Gasteiger partial charge >= 0.3 is 0 Å². The van der Waals surface area contributed by atoms with E-state index in [-0.39, 0.29) is 5.91 Å². The second kappa shape index (κ2) is 6.65. The highest BCUT2D eigenvalue weighted by atomic mass is 16.1. The minimum absolute atomic E-state index is 0.184. The smallest absolute Gasteiger partial charge is 0.220 e. The van der Waals surface area contributed by atoms with E-state index in [0.29, 0.717) is 13.0 Å².